The number of carbonyl (C=O) groups is 2. The monoisotopic (exact) mass is 488 g/mol. The van der Waals surface area contributed by atoms with Gasteiger partial charge in [0.25, 0.3) is 0 Å². The van der Waals surface area contributed by atoms with E-state index in [0.717, 1.165) is 0 Å². The minimum Gasteiger partial charge on any atom is -0.504 e. The van der Waals surface area contributed by atoms with Crippen molar-refractivity contribution < 1.29 is 48.2 Å². The van der Waals surface area contributed by atoms with Crippen LogP contribution in [0.2, 0.25) is 0 Å². The number of rotatable bonds is 12. The van der Waals surface area contributed by atoms with Gasteiger partial charge in [-0.3, -0.25) is 9.59 Å². The molecule has 188 valence electrons. The molecule has 0 heterocycles. The average molecular weight is 488 g/mol. The van der Waals surface area contributed by atoms with E-state index in [0.29, 0.717) is 11.1 Å². The summed E-state index contributed by atoms with van der Waals surface area (Å²) in [5, 5.41) is 19.7. The zero-order chi connectivity index (χ0) is 26.1. The second-order valence-corrected chi connectivity index (χ2v) is 6.93. The van der Waals surface area contributed by atoms with Crippen LogP contribution in [0.4, 0.5) is 0 Å². The molecule has 0 radical (unpaired) electrons. The Morgan fingerprint density at radius 3 is 1.29 bits per heavy atom. The fourth-order valence-corrected chi connectivity index (χ4v) is 3.29. The lowest BCUT2D eigenvalue weighted by Gasteiger charge is -2.15. The van der Waals surface area contributed by atoms with Gasteiger partial charge in [0.15, 0.2) is 34.5 Å². The Morgan fingerprint density at radius 1 is 0.629 bits per heavy atom. The van der Waals surface area contributed by atoms with Crippen molar-refractivity contribution in [3.8, 4) is 23.0 Å². The molecule has 0 spiro atoms. The molecule has 35 heavy (non-hydrogen) atoms. The number of allylic oxidation sites excluding steroid dienone is 2. The summed E-state index contributed by atoms with van der Waals surface area (Å²) in [5.74, 6) is -1.58. The number of hydrogen-bond donors (Lipinski definition) is 2. The lowest BCUT2D eigenvalue weighted by molar-refractivity contribution is -0.126. The van der Waals surface area contributed by atoms with Gasteiger partial charge in [-0.1, -0.05) is 0 Å². The molecular weight excluding hydrogens is 460 g/mol. The van der Waals surface area contributed by atoms with Crippen LogP contribution in [0.1, 0.15) is 17.5 Å². The zero-order valence-electron chi connectivity index (χ0n) is 20.3. The molecule has 2 rings (SSSR count). The van der Waals surface area contributed by atoms with Gasteiger partial charge in [0.1, 0.15) is 0 Å². The molecule has 0 fully saturated rings. The van der Waals surface area contributed by atoms with Crippen LogP contribution in [0.25, 0.3) is 11.5 Å². The number of aromatic hydroxyl groups is 2. The van der Waals surface area contributed by atoms with E-state index in [4.69, 9.17) is 28.4 Å². The van der Waals surface area contributed by atoms with Crippen LogP contribution in [-0.4, -0.2) is 64.4 Å². The van der Waals surface area contributed by atoms with E-state index in [-0.39, 0.29) is 46.0 Å². The molecular formula is C25H28O10. The molecule has 0 amide bonds. The smallest absolute Gasteiger partial charge is 0.209 e. The third kappa shape index (κ3) is 5.97. The van der Waals surface area contributed by atoms with Crippen LogP contribution in [-0.2, 0) is 28.5 Å². The molecule has 0 unspecified atom stereocenters. The Hall–Kier alpha value is -4.34. The van der Waals surface area contributed by atoms with E-state index in [9.17, 15) is 19.8 Å². The van der Waals surface area contributed by atoms with E-state index in [1.54, 1.807) is 0 Å². The molecule has 2 aromatic rings. The molecule has 0 aliphatic carbocycles. The second-order valence-electron chi connectivity index (χ2n) is 6.93. The number of hydrogen-bond acceptors (Lipinski definition) is 10. The number of methoxy groups -OCH3 is 6. The third-order valence-corrected chi connectivity index (χ3v) is 4.94. The van der Waals surface area contributed by atoms with Crippen LogP contribution < -0.4 is 9.47 Å². The second kappa shape index (κ2) is 12.2. The Bertz CT molecular complexity index is 1060. The molecule has 2 aromatic carbocycles. The van der Waals surface area contributed by atoms with Crippen molar-refractivity contribution in [2.45, 2.75) is 6.42 Å². The van der Waals surface area contributed by atoms with Crippen LogP contribution in [0.5, 0.6) is 23.0 Å². The van der Waals surface area contributed by atoms with Crippen molar-refractivity contribution in [1.82, 2.24) is 0 Å². The summed E-state index contributed by atoms with van der Waals surface area (Å²) in [6.45, 7) is 0. The van der Waals surface area contributed by atoms with Crippen molar-refractivity contribution in [1.29, 1.82) is 0 Å². The molecule has 0 bridgehead atoms. The third-order valence-electron chi connectivity index (χ3n) is 4.94. The van der Waals surface area contributed by atoms with Gasteiger partial charge >= 0.3 is 0 Å². The average Bonchev–Trinajstić information content (AvgIpc) is 2.86. The molecule has 0 saturated carbocycles. The van der Waals surface area contributed by atoms with Gasteiger partial charge in [-0.25, -0.2) is 0 Å². The molecule has 0 atom stereocenters. The van der Waals surface area contributed by atoms with E-state index in [2.05, 4.69) is 0 Å². The number of phenolic OH excluding ortho intramolecular Hbond substituents is 2. The van der Waals surface area contributed by atoms with Crippen molar-refractivity contribution in [2.24, 2.45) is 0 Å². The van der Waals surface area contributed by atoms with E-state index >= 15 is 0 Å². The first-order chi connectivity index (χ1) is 16.8. The summed E-state index contributed by atoms with van der Waals surface area (Å²) in [4.78, 5) is 26.1. The van der Waals surface area contributed by atoms with Crippen molar-refractivity contribution in [2.75, 3.05) is 42.7 Å². The number of ether oxygens (including phenoxy) is 6. The van der Waals surface area contributed by atoms with Gasteiger partial charge in [-0.15, -0.1) is 0 Å². The highest BCUT2D eigenvalue weighted by Gasteiger charge is 2.27. The maximum atomic E-state index is 13.1. The maximum absolute atomic E-state index is 13.1. The fourth-order valence-electron chi connectivity index (χ4n) is 3.29. The summed E-state index contributed by atoms with van der Waals surface area (Å²) in [6, 6.07) is 8.68. The van der Waals surface area contributed by atoms with Crippen LogP contribution >= 0.6 is 0 Å². The quantitative estimate of drug-likeness (QED) is 0.261. The molecule has 0 aliphatic heterocycles. The molecule has 10 heteroatoms. The number of ketones is 2. The highest BCUT2D eigenvalue weighted by Crippen LogP contribution is 2.33. The summed E-state index contributed by atoms with van der Waals surface area (Å²) in [6.07, 6.45) is -0.628. The lowest BCUT2D eigenvalue weighted by atomic mass is 10.0. The minimum atomic E-state index is -0.685. The predicted octanol–water partition coefficient (Wildman–Crippen LogP) is 3.27. The Labute approximate surface area is 202 Å². The molecule has 0 aliphatic rings. The first-order valence-electron chi connectivity index (χ1n) is 10.2. The van der Waals surface area contributed by atoms with Crippen LogP contribution in [0, 0.1) is 0 Å². The highest BCUT2D eigenvalue weighted by molar-refractivity contribution is 6.15. The highest BCUT2D eigenvalue weighted by atomic mass is 16.5. The summed E-state index contributed by atoms with van der Waals surface area (Å²) >= 11 is 0. The van der Waals surface area contributed by atoms with Gasteiger partial charge < -0.3 is 38.6 Å². The van der Waals surface area contributed by atoms with Gasteiger partial charge in [-0.05, 0) is 36.4 Å². The molecule has 2 N–H and O–H groups in total. The van der Waals surface area contributed by atoms with Crippen molar-refractivity contribution >= 4 is 23.1 Å². The van der Waals surface area contributed by atoms with E-state index in [1.807, 2.05) is 0 Å². The van der Waals surface area contributed by atoms with E-state index in [1.165, 1.54) is 79.1 Å². The Kier molecular flexibility index (Phi) is 9.39. The van der Waals surface area contributed by atoms with Crippen LogP contribution in [0.3, 0.4) is 0 Å². The Morgan fingerprint density at radius 2 is 1.00 bits per heavy atom. The molecule has 0 aromatic heterocycles. The SMILES string of the molecule is CO/C(C(=O)CC(=O)/C(OC)=C(\OC)c1ccc(O)c(OC)c1)=C(/OC)c1ccc(O)c(OC)c1. The standard InChI is InChI=1S/C25H28O10/c1-30-20-11-14(7-9-16(20)26)22(32-3)24(34-5)18(28)13-19(29)25(35-6)23(33-4)15-8-10-17(27)21(12-15)31-2/h7-12,26-27H,13H2,1-6H3/b24-22+,25-23+. The molecule has 10 nitrogen and oxygen atoms in total. The lowest BCUT2D eigenvalue weighted by Crippen LogP contribution is -2.17. The fraction of sp³-hybridized carbons (Fsp3) is 0.280. The maximum Gasteiger partial charge on any atom is 0.209 e. The number of Topliss-reactive ketones (excluding diaryl/α,β-unsaturated/α-hetero) is 2. The summed E-state index contributed by atoms with van der Waals surface area (Å²) in [5.41, 5.74) is 0.771. The normalized spacial score (nSPS) is 12.1. The first-order valence-corrected chi connectivity index (χ1v) is 10.2. The van der Waals surface area contributed by atoms with E-state index < -0.39 is 18.0 Å². The van der Waals surface area contributed by atoms with Gasteiger partial charge in [0.2, 0.25) is 23.1 Å². The Balaban J connectivity index is 2.47. The number of benzene rings is 2. The first kappa shape index (κ1) is 26.9. The van der Waals surface area contributed by atoms with Crippen molar-refractivity contribution in [3.63, 3.8) is 0 Å². The zero-order valence-corrected chi connectivity index (χ0v) is 20.3. The largest absolute Gasteiger partial charge is 0.504 e. The van der Waals surface area contributed by atoms with Crippen LogP contribution in [0.15, 0.2) is 47.9 Å². The van der Waals surface area contributed by atoms with Crippen molar-refractivity contribution in [3.05, 3.63) is 59.0 Å². The topological polar surface area (TPSA) is 130 Å². The molecule has 0 saturated heterocycles. The minimum absolute atomic E-state index is 0.0433. The van der Waals surface area contributed by atoms with Gasteiger partial charge in [-0.2, -0.15) is 0 Å². The number of carbonyl (C=O) groups excluding carboxylic acids is 2. The van der Waals surface area contributed by atoms with Gasteiger partial charge in [0.05, 0.1) is 49.1 Å². The summed E-state index contributed by atoms with van der Waals surface area (Å²) < 4.78 is 31.5. The predicted molar refractivity (Wildman–Crippen MR) is 126 cm³/mol. The number of phenols is 2. The van der Waals surface area contributed by atoms with Gasteiger partial charge in [0, 0.05) is 11.1 Å². The summed E-state index contributed by atoms with van der Waals surface area (Å²) in [7, 11) is 7.97.